The summed E-state index contributed by atoms with van der Waals surface area (Å²) >= 11 is 8.29. The maximum atomic E-state index is 13.0. The van der Waals surface area contributed by atoms with Crippen LogP contribution in [0.4, 0.5) is 5.13 Å². The van der Waals surface area contributed by atoms with Crippen molar-refractivity contribution < 1.29 is 33.9 Å². The number of hydrogen-bond acceptors (Lipinski definition) is 11. The molecule has 3 rings (SSSR count). The van der Waals surface area contributed by atoms with E-state index in [0.29, 0.717) is 5.75 Å². The van der Waals surface area contributed by atoms with E-state index in [0.717, 1.165) is 16.2 Å². The highest BCUT2D eigenvalue weighted by Gasteiger charge is 2.53. The Morgan fingerprint density at radius 3 is 2.70 bits per heavy atom. The van der Waals surface area contributed by atoms with Crippen molar-refractivity contribution in [3.05, 3.63) is 21.8 Å². The van der Waals surface area contributed by atoms with Crippen LogP contribution in [-0.2, 0) is 28.8 Å². The molecule has 1 fully saturated rings. The number of nitrogens with two attached hydrogens (primary N) is 1. The van der Waals surface area contributed by atoms with Gasteiger partial charge in [0.2, 0.25) is 6.61 Å². The molecule has 4 N–H and O–H groups in total. The molecule has 0 saturated carbocycles. The highest BCUT2D eigenvalue weighted by Crippen LogP contribution is 2.37. The Morgan fingerprint density at radius 1 is 1.42 bits per heavy atom. The minimum Gasteiger partial charge on any atom is -0.477 e. The number of carbonyl (C=O) groups excluding carboxylic acids is 3. The number of carbonyl (C=O) groups is 4. The van der Waals surface area contributed by atoms with Crippen LogP contribution in [-0.4, -0.2) is 73.8 Å². The van der Waals surface area contributed by atoms with Crippen LogP contribution in [0.3, 0.4) is 0 Å². The topological polar surface area (TPSA) is 174 Å². The van der Waals surface area contributed by atoms with Crippen molar-refractivity contribution in [2.45, 2.75) is 37.8 Å². The lowest BCUT2D eigenvalue weighted by atomic mass is 10.0. The van der Waals surface area contributed by atoms with E-state index in [1.54, 1.807) is 20.8 Å². The van der Waals surface area contributed by atoms with Gasteiger partial charge in [-0.2, -0.15) is 0 Å². The van der Waals surface area contributed by atoms with E-state index in [-0.39, 0.29) is 20.9 Å². The summed E-state index contributed by atoms with van der Waals surface area (Å²) in [6, 6.07) is -1.00. The van der Waals surface area contributed by atoms with E-state index in [2.05, 4.69) is 15.5 Å². The number of carboxylic acid groups (broad SMARTS) is 1. The number of ether oxygens (including phenoxy) is 1. The van der Waals surface area contributed by atoms with Gasteiger partial charge in [-0.3, -0.25) is 14.5 Å². The van der Waals surface area contributed by atoms with Crippen LogP contribution in [0.25, 0.3) is 0 Å². The second-order valence-corrected chi connectivity index (χ2v) is 10.5. The number of amides is 2. The quantitative estimate of drug-likeness (QED) is 0.203. The predicted molar refractivity (Wildman–Crippen MR) is 121 cm³/mol. The zero-order chi connectivity index (χ0) is 24.5. The Morgan fingerprint density at radius 2 is 2.12 bits per heavy atom. The van der Waals surface area contributed by atoms with E-state index < -0.39 is 53.1 Å². The molecule has 0 radical (unpaired) electrons. The van der Waals surface area contributed by atoms with Crippen molar-refractivity contribution in [3.8, 4) is 0 Å². The maximum absolute atomic E-state index is 13.0. The summed E-state index contributed by atoms with van der Waals surface area (Å²) in [6.45, 7) is 4.45. The van der Waals surface area contributed by atoms with Gasteiger partial charge in [0.05, 0.1) is 0 Å². The lowest BCUT2D eigenvalue weighted by Crippen LogP contribution is -2.70. The van der Waals surface area contributed by atoms with Gasteiger partial charge in [-0.15, -0.1) is 11.8 Å². The number of nitrogen functional groups attached to an aromatic ring is 1. The molecule has 2 aliphatic heterocycles. The Bertz CT molecular complexity index is 1070. The second-order valence-electron chi connectivity index (χ2n) is 7.75. The number of anilines is 1. The average Bonchev–Trinajstić information content (AvgIpc) is 3.04. The molecule has 1 aromatic rings. The number of aromatic nitrogens is 1. The van der Waals surface area contributed by atoms with Crippen LogP contribution in [0.5, 0.6) is 0 Å². The number of halogens is 1. The lowest BCUT2D eigenvalue weighted by molar-refractivity contribution is -0.160. The molecule has 0 aromatic carbocycles. The maximum Gasteiger partial charge on any atom is 0.352 e. The molecular weight excluding hydrogens is 498 g/mol. The first-order valence-electron chi connectivity index (χ1n) is 9.42. The smallest absolute Gasteiger partial charge is 0.352 e. The number of fused-ring (bicyclic) bond motifs is 1. The molecule has 0 aliphatic carbocycles. The average molecular weight is 518 g/mol. The molecule has 2 atom stereocenters. The first-order chi connectivity index (χ1) is 15.4. The first kappa shape index (κ1) is 24.8. The number of β-lactam (4-membered cyclic amide) rings is 1. The van der Waals surface area contributed by atoms with Gasteiger partial charge in [-0.1, -0.05) is 28.1 Å². The molecule has 1 aromatic heterocycles. The fourth-order valence-corrected chi connectivity index (χ4v) is 5.05. The minimum atomic E-state index is -1.24. The summed E-state index contributed by atoms with van der Waals surface area (Å²) in [5, 5.41) is 14.9. The Balaban J connectivity index is 1.76. The zero-order valence-corrected chi connectivity index (χ0v) is 20.0. The number of thiazole rings is 1. The van der Waals surface area contributed by atoms with Crippen molar-refractivity contribution >= 4 is 69.3 Å². The summed E-state index contributed by atoms with van der Waals surface area (Å²) in [6.07, 6.45) is 1.43. The Hall–Kier alpha value is -2.84. The van der Waals surface area contributed by atoms with E-state index in [1.165, 1.54) is 17.8 Å². The zero-order valence-electron chi connectivity index (χ0n) is 17.7. The molecule has 178 valence electrons. The molecule has 15 heteroatoms. The number of nitrogens with one attached hydrogen (secondary N) is 1. The Kier molecular flexibility index (Phi) is 7.19. The summed E-state index contributed by atoms with van der Waals surface area (Å²) in [5.74, 6) is -3.05. The van der Waals surface area contributed by atoms with Gasteiger partial charge in [0.15, 0.2) is 10.8 Å². The van der Waals surface area contributed by atoms with Crippen LogP contribution in [0, 0.1) is 0 Å². The monoisotopic (exact) mass is 517 g/mol. The number of carboxylic acids is 1. The first-order valence-corrected chi connectivity index (χ1v) is 11.7. The second kappa shape index (κ2) is 9.57. The lowest BCUT2D eigenvalue weighted by Gasteiger charge is -2.48. The normalized spacial score (nSPS) is 20.4. The van der Waals surface area contributed by atoms with E-state index in [1.807, 2.05) is 0 Å². The van der Waals surface area contributed by atoms with Gasteiger partial charge in [-0.05, 0) is 26.8 Å². The number of thioether (sulfide) groups is 1. The van der Waals surface area contributed by atoms with Gasteiger partial charge in [0.25, 0.3) is 11.8 Å². The van der Waals surface area contributed by atoms with Crippen molar-refractivity contribution in [1.82, 2.24) is 15.2 Å². The summed E-state index contributed by atoms with van der Waals surface area (Å²) in [5.41, 5.74) is 4.27. The predicted octanol–water partition coefficient (Wildman–Crippen LogP) is 0.810. The van der Waals surface area contributed by atoms with Crippen LogP contribution >= 0.6 is 34.7 Å². The molecule has 1 saturated heterocycles. The third-order valence-electron chi connectivity index (χ3n) is 4.15. The van der Waals surface area contributed by atoms with Crippen LogP contribution in [0.2, 0.25) is 4.34 Å². The summed E-state index contributed by atoms with van der Waals surface area (Å²) in [7, 11) is 0. The minimum absolute atomic E-state index is 0.0481. The highest BCUT2D eigenvalue weighted by molar-refractivity contribution is 8.00. The standard InChI is InChI=1S/C18H20ClN5O7S2/c1-18(2,3)31-8(25)6-30-23-10(9-12(19)33-17(20)22-9)13(26)21-11-14(27)24-7(16(28)29)4-5-32-15(11)24/h4,11,15H,5-6H2,1-3H3,(H2,20,22)(H,21,26)(H,28,29)/b23-10+. The van der Waals surface area contributed by atoms with Crippen LogP contribution in [0.1, 0.15) is 26.5 Å². The summed E-state index contributed by atoms with van der Waals surface area (Å²) < 4.78 is 5.16. The number of rotatable bonds is 7. The van der Waals surface area contributed by atoms with Crippen molar-refractivity contribution in [2.24, 2.45) is 5.16 Å². The van der Waals surface area contributed by atoms with Crippen molar-refractivity contribution in [1.29, 1.82) is 0 Å². The SMILES string of the molecule is CC(C)(C)OC(=O)CO/N=C(/C(=O)NC1C(=O)N2C(C(=O)O)=CCSC12)c1nc(N)sc1Cl. The molecule has 2 amide bonds. The molecule has 12 nitrogen and oxygen atoms in total. The Labute approximate surface area is 201 Å². The molecule has 2 unspecified atom stereocenters. The number of esters is 1. The number of aliphatic carboxylic acids is 1. The van der Waals surface area contributed by atoms with Gasteiger partial charge < -0.3 is 25.7 Å². The third-order valence-corrected chi connectivity index (χ3v) is 6.42. The fourth-order valence-electron chi connectivity index (χ4n) is 2.92. The molecule has 3 heterocycles. The van der Waals surface area contributed by atoms with Crippen molar-refractivity contribution in [2.75, 3.05) is 18.1 Å². The van der Waals surface area contributed by atoms with E-state index in [4.69, 9.17) is 26.9 Å². The fraction of sp³-hybridized carbons (Fsp3) is 0.444. The van der Waals surface area contributed by atoms with Gasteiger partial charge in [-0.25, -0.2) is 14.6 Å². The highest BCUT2D eigenvalue weighted by atomic mass is 35.5. The van der Waals surface area contributed by atoms with Gasteiger partial charge in [0.1, 0.15) is 32.7 Å². The molecule has 33 heavy (non-hydrogen) atoms. The van der Waals surface area contributed by atoms with Crippen LogP contribution < -0.4 is 11.1 Å². The molecule has 2 aliphatic rings. The molecular formula is C18H20ClN5O7S2. The molecule has 0 spiro atoms. The number of oxime groups is 1. The molecule has 0 bridgehead atoms. The number of nitrogens with zero attached hydrogens (tertiary/aromatic N) is 3. The van der Waals surface area contributed by atoms with E-state index in [9.17, 15) is 24.3 Å². The summed E-state index contributed by atoms with van der Waals surface area (Å²) in [4.78, 5) is 58.7. The largest absolute Gasteiger partial charge is 0.477 e. The number of hydrogen-bond donors (Lipinski definition) is 3. The van der Waals surface area contributed by atoms with Gasteiger partial charge in [0, 0.05) is 5.75 Å². The third kappa shape index (κ3) is 5.57. The van der Waals surface area contributed by atoms with Crippen LogP contribution in [0.15, 0.2) is 16.9 Å². The van der Waals surface area contributed by atoms with Crippen molar-refractivity contribution in [3.63, 3.8) is 0 Å². The van der Waals surface area contributed by atoms with Gasteiger partial charge >= 0.3 is 11.9 Å². The van der Waals surface area contributed by atoms with E-state index >= 15 is 0 Å².